The first-order valence-electron chi connectivity index (χ1n) is 2.82. The van der Waals surface area contributed by atoms with Crippen molar-refractivity contribution in [1.82, 2.24) is 0 Å². The van der Waals surface area contributed by atoms with E-state index in [2.05, 4.69) is 0 Å². The highest BCUT2D eigenvalue weighted by molar-refractivity contribution is 6.59. The van der Waals surface area contributed by atoms with Crippen molar-refractivity contribution in [1.29, 1.82) is 0 Å². The molecule has 0 unspecified atom stereocenters. The molecule has 0 aliphatic carbocycles. The van der Waals surface area contributed by atoms with Gasteiger partial charge < -0.3 is 10.0 Å². The second-order valence-corrected chi connectivity index (χ2v) is 2.37. The molecule has 0 aliphatic heterocycles. The van der Waals surface area contributed by atoms with Gasteiger partial charge in [-0.05, 0) is 17.6 Å². The highest BCUT2D eigenvalue weighted by Gasteiger charge is 2.09. The van der Waals surface area contributed by atoms with Crippen molar-refractivity contribution < 1.29 is 12.9 Å². The fourth-order valence-electron chi connectivity index (χ4n) is 0.667. The molecule has 0 bridgehead atoms. The van der Waals surface area contributed by atoms with Crippen molar-refractivity contribution in [2.75, 3.05) is 0 Å². The van der Waals surface area contributed by atoms with Gasteiger partial charge in [0.25, 0.3) is 0 Å². The molecule has 10 heavy (non-hydrogen) atoms. The van der Waals surface area contributed by atoms with Crippen molar-refractivity contribution in [3.05, 3.63) is 29.3 Å². The van der Waals surface area contributed by atoms with Crippen molar-refractivity contribution in [2.24, 2.45) is 0 Å². The minimum absolute atomic E-state index is 0. The van der Waals surface area contributed by atoms with Gasteiger partial charge in [0, 0.05) is 7.88 Å². The smallest absolute Gasteiger partial charge is 0.423 e. The third kappa shape index (κ3) is 1.74. The van der Waals surface area contributed by atoms with Crippen molar-refractivity contribution in [3.63, 3.8) is 0 Å². The fraction of sp³-hybridized carbons (Fsp3) is 0. The van der Waals surface area contributed by atoms with Crippen LogP contribution in [0.5, 0.6) is 0 Å². The van der Waals surface area contributed by atoms with Crippen LogP contribution in [0.4, 0.5) is 0 Å². The normalized spacial score (nSPS) is 9.50. The topological polar surface area (TPSA) is 40.5 Å². The maximum Gasteiger partial charge on any atom is 0.488 e. The van der Waals surface area contributed by atoms with Gasteiger partial charge in [-0.15, -0.1) is 0 Å². The van der Waals surface area contributed by atoms with Crippen LogP contribution in [0.2, 0.25) is 5.02 Å². The van der Waals surface area contributed by atoms with Crippen LogP contribution in [0.25, 0.3) is 0 Å². The second kappa shape index (κ2) is 3.06. The Morgan fingerprint density at radius 1 is 1.40 bits per heavy atom. The summed E-state index contributed by atoms with van der Waals surface area (Å²) >= 11 is 5.57. The average molecular weight is 160 g/mol. The molecule has 0 aliphatic rings. The van der Waals surface area contributed by atoms with Crippen molar-refractivity contribution in [3.8, 4) is 0 Å². The minimum Gasteiger partial charge on any atom is -0.423 e. The number of halogens is 1. The van der Waals surface area contributed by atoms with E-state index in [0.717, 1.165) is 0 Å². The molecule has 0 atom stereocenters. The molecule has 56 valence electrons. The van der Waals surface area contributed by atoms with Crippen LogP contribution in [-0.2, 0) is 0 Å². The molecule has 1 aromatic carbocycles. The quantitative estimate of drug-likeness (QED) is 0.588. The maximum atomic E-state index is 8.65. The predicted molar refractivity (Wildman–Crippen MR) is 45.5 cm³/mol. The third-order valence-electron chi connectivity index (χ3n) is 1.15. The van der Waals surface area contributed by atoms with E-state index >= 15 is 0 Å². The van der Waals surface area contributed by atoms with Crippen molar-refractivity contribution in [2.45, 2.75) is 0 Å². The van der Waals surface area contributed by atoms with Crippen LogP contribution in [0.1, 0.15) is 2.85 Å². The summed E-state index contributed by atoms with van der Waals surface area (Å²) in [5, 5.41) is 17.8. The summed E-state index contributed by atoms with van der Waals surface area (Å²) in [4.78, 5) is 0. The zero-order chi connectivity index (χ0) is 7.56. The summed E-state index contributed by atoms with van der Waals surface area (Å²) in [6.07, 6.45) is 0. The lowest BCUT2D eigenvalue weighted by Crippen LogP contribution is -2.29. The van der Waals surface area contributed by atoms with Gasteiger partial charge in [0.05, 0.1) is 0 Å². The summed E-state index contributed by atoms with van der Waals surface area (Å²) in [6.45, 7) is 0. The zero-order valence-electron chi connectivity index (χ0n) is 5.16. The van der Waals surface area contributed by atoms with Crippen LogP contribution in [0.3, 0.4) is 0 Å². The summed E-state index contributed by atoms with van der Waals surface area (Å²) in [5.41, 5.74) is 0.410. The number of hydrogen-bond acceptors (Lipinski definition) is 2. The van der Waals surface area contributed by atoms with Gasteiger partial charge in [0.15, 0.2) is 0 Å². The Kier molecular flexibility index (Phi) is 2.32. The SMILES string of the molecule is OB(O)c1cccc(Cl)c1.[HH].[HH]. The van der Waals surface area contributed by atoms with Gasteiger partial charge in [0.2, 0.25) is 0 Å². The molecular formula is C6H10BClO2. The standard InChI is InChI=1S/C6H6BClO2.2H2/c8-6-3-1-2-5(4-6)7(9)10;;/h1-4,9-10H;2*1H. The monoisotopic (exact) mass is 160 g/mol. The summed E-state index contributed by atoms with van der Waals surface area (Å²) in [5.74, 6) is 0. The molecule has 0 heterocycles. The lowest BCUT2D eigenvalue weighted by Gasteiger charge is -1.97. The molecule has 0 saturated heterocycles. The average Bonchev–Trinajstić information content (AvgIpc) is 1.88. The Balaban J connectivity index is 0. The highest BCUT2D eigenvalue weighted by Crippen LogP contribution is 2.03. The molecule has 4 heteroatoms. The van der Waals surface area contributed by atoms with E-state index in [1.54, 1.807) is 18.2 Å². The van der Waals surface area contributed by atoms with Crippen LogP contribution in [0, 0.1) is 0 Å². The summed E-state index contributed by atoms with van der Waals surface area (Å²) in [7, 11) is -1.43. The Morgan fingerprint density at radius 2 is 2.10 bits per heavy atom. The first kappa shape index (κ1) is 7.60. The van der Waals surface area contributed by atoms with Crippen LogP contribution >= 0.6 is 11.6 Å². The molecule has 2 nitrogen and oxygen atoms in total. The number of benzene rings is 1. The fourth-order valence-corrected chi connectivity index (χ4v) is 0.866. The Bertz CT molecular complexity index is 235. The van der Waals surface area contributed by atoms with E-state index in [1.807, 2.05) is 0 Å². The maximum absolute atomic E-state index is 8.65. The number of hydrogen-bond donors (Lipinski definition) is 2. The summed E-state index contributed by atoms with van der Waals surface area (Å²) in [6, 6.07) is 6.44. The molecule has 0 saturated carbocycles. The van der Waals surface area contributed by atoms with E-state index in [4.69, 9.17) is 21.6 Å². The Morgan fingerprint density at radius 3 is 2.50 bits per heavy atom. The van der Waals surface area contributed by atoms with Gasteiger partial charge in [-0.2, -0.15) is 0 Å². The van der Waals surface area contributed by atoms with E-state index in [-0.39, 0.29) is 2.85 Å². The van der Waals surface area contributed by atoms with Gasteiger partial charge in [-0.1, -0.05) is 23.7 Å². The molecule has 2 N–H and O–H groups in total. The molecule has 0 fully saturated rings. The Hall–Kier alpha value is -0.505. The third-order valence-corrected chi connectivity index (χ3v) is 1.38. The molecular weight excluding hydrogens is 150 g/mol. The number of rotatable bonds is 1. The van der Waals surface area contributed by atoms with E-state index in [0.29, 0.717) is 10.5 Å². The molecule has 0 amide bonds. The van der Waals surface area contributed by atoms with Crippen LogP contribution in [0.15, 0.2) is 24.3 Å². The van der Waals surface area contributed by atoms with E-state index < -0.39 is 7.12 Å². The highest BCUT2D eigenvalue weighted by atomic mass is 35.5. The predicted octanol–water partition coefficient (Wildman–Crippen LogP) is 0.512. The Labute approximate surface area is 67.2 Å². The van der Waals surface area contributed by atoms with Gasteiger partial charge in [-0.3, -0.25) is 0 Å². The molecule has 1 rings (SSSR count). The van der Waals surface area contributed by atoms with Crippen molar-refractivity contribution >= 4 is 24.2 Å². The van der Waals surface area contributed by atoms with Crippen LogP contribution < -0.4 is 5.46 Å². The molecule has 0 aromatic heterocycles. The van der Waals surface area contributed by atoms with E-state index in [1.165, 1.54) is 6.07 Å². The van der Waals surface area contributed by atoms with Gasteiger partial charge in [-0.25, -0.2) is 0 Å². The first-order chi connectivity index (χ1) is 4.70. The lowest BCUT2D eigenvalue weighted by molar-refractivity contribution is 0.426. The van der Waals surface area contributed by atoms with Crippen LogP contribution in [-0.4, -0.2) is 17.2 Å². The minimum atomic E-state index is -1.43. The molecule has 0 radical (unpaired) electrons. The van der Waals surface area contributed by atoms with E-state index in [9.17, 15) is 0 Å². The van der Waals surface area contributed by atoms with Gasteiger partial charge in [0.1, 0.15) is 0 Å². The van der Waals surface area contributed by atoms with Gasteiger partial charge >= 0.3 is 7.12 Å². The first-order valence-corrected chi connectivity index (χ1v) is 3.19. The second-order valence-electron chi connectivity index (χ2n) is 1.93. The molecule has 1 aromatic rings. The lowest BCUT2D eigenvalue weighted by atomic mass is 9.81. The molecule has 0 spiro atoms. The zero-order valence-corrected chi connectivity index (χ0v) is 5.92. The largest absolute Gasteiger partial charge is 0.488 e. The summed E-state index contributed by atoms with van der Waals surface area (Å²) < 4.78 is 0.